The van der Waals surface area contributed by atoms with Crippen molar-refractivity contribution < 1.29 is 4.74 Å². The summed E-state index contributed by atoms with van der Waals surface area (Å²) in [5, 5.41) is 0. The molecule has 0 atom stereocenters. The minimum Gasteiger partial charge on any atom is -0.481 e. The fourth-order valence-electron chi connectivity index (χ4n) is 2.29. The first-order chi connectivity index (χ1) is 8.27. The lowest BCUT2D eigenvalue weighted by Gasteiger charge is -2.18. The molecule has 0 spiro atoms. The van der Waals surface area contributed by atoms with Crippen LogP contribution in [0.2, 0.25) is 0 Å². The molecule has 1 aromatic heterocycles. The van der Waals surface area contributed by atoms with Crippen molar-refractivity contribution in [3.05, 3.63) is 17.6 Å². The van der Waals surface area contributed by atoms with E-state index in [4.69, 9.17) is 4.74 Å². The van der Waals surface area contributed by atoms with E-state index >= 15 is 0 Å². The lowest BCUT2D eigenvalue weighted by Crippen LogP contribution is -2.13. The third-order valence-electron chi connectivity index (χ3n) is 3.48. The Bertz CT molecular complexity index is 337. The van der Waals surface area contributed by atoms with Crippen molar-refractivity contribution in [2.75, 3.05) is 7.11 Å². The standard InChI is InChI=1S/C12H18N2O.C2H6/c1-4-9-10(12(5-2)6-7-12)11(15-3)14-8-13-9;1-2/h8H,4-7H2,1-3H3;1-2H3. The molecule has 17 heavy (non-hydrogen) atoms. The Morgan fingerprint density at radius 3 is 2.29 bits per heavy atom. The van der Waals surface area contributed by atoms with Crippen LogP contribution in [0, 0.1) is 0 Å². The summed E-state index contributed by atoms with van der Waals surface area (Å²) < 4.78 is 5.36. The zero-order chi connectivity index (χ0) is 12.9. The van der Waals surface area contributed by atoms with Gasteiger partial charge in [0.05, 0.1) is 12.8 Å². The number of ether oxygens (including phenoxy) is 1. The highest BCUT2D eigenvalue weighted by atomic mass is 16.5. The number of methoxy groups -OCH3 is 1. The van der Waals surface area contributed by atoms with Crippen LogP contribution in [0.4, 0.5) is 0 Å². The van der Waals surface area contributed by atoms with Crippen molar-refractivity contribution >= 4 is 0 Å². The Morgan fingerprint density at radius 2 is 1.88 bits per heavy atom. The van der Waals surface area contributed by atoms with Crippen molar-refractivity contribution in [2.24, 2.45) is 0 Å². The van der Waals surface area contributed by atoms with E-state index in [1.54, 1.807) is 13.4 Å². The van der Waals surface area contributed by atoms with Gasteiger partial charge in [-0.1, -0.05) is 27.7 Å². The van der Waals surface area contributed by atoms with Gasteiger partial charge in [0.2, 0.25) is 5.88 Å². The molecule has 0 amide bonds. The maximum absolute atomic E-state index is 5.36. The summed E-state index contributed by atoms with van der Waals surface area (Å²) in [6.45, 7) is 8.37. The van der Waals surface area contributed by atoms with Crippen LogP contribution in [0.25, 0.3) is 0 Å². The fraction of sp³-hybridized carbons (Fsp3) is 0.714. The zero-order valence-electron chi connectivity index (χ0n) is 11.7. The van der Waals surface area contributed by atoms with Crippen LogP contribution in [0.1, 0.15) is 58.2 Å². The van der Waals surface area contributed by atoms with Gasteiger partial charge in [0.15, 0.2) is 0 Å². The van der Waals surface area contributed by atoms with E-state index in [1.165, 1.54) is 18.4 Å². The van der Waals surface area contributed by atoms with Gasteiger partial charge in [-0.3, -0.25) is 0 Å². The van der Waals surface area contributed by atoms with Gasteiger partial charge in [0.1, 0.15) is 6.33 Å². The third kappa shape index (κ3) is 2.59. The van der Waals surface area contributed by atoms with Crippen LogP contribution in [-0.2, 0) is 11.8 Å². The Kier molecular flexibility index (Phi) is 4.91. The second-order valence-electron chi connectivity index (χ2n) is 4.19. The predicted octanol–water partition coefficient (Wildman–Crippen LogP) is 3.52. The molecule has 0 aliphatic heterocycles. The molecule has 0 N–H and O–H groups in total. The summed E-state index contributed by atoms with van der Waals surface area (Å²) in [4.78, 5) is 8.60. The van der Waals surface area contributed by atoms with Gasteiger partial charge in [-0.2, -0.15) is 0 Å². The molecule has 0 saturated heterocycles. The number of hydrogen-bond donors (Lipinski definition) is 0. The Morgan fingerprint density at radius 1 is 1.24 bits per heavy atom. The minimum absolute atomic E-state index is 0.317. The van der Waals surface area contributed by atoms with Crippen LogP contribution in [0.15, 0.2) is 6.33 Å². The third-order valence-corrected chi connectivity index (χ3v) is 3.48. The molecule has 0 radical (unpaired) electrons. The molecule has 1 aliphatic carbocycles. The molecule has 96 valence electrons. The Labute approximate surface area is 105 Å². The minimum atomic E-state index is 0.317. The van der Waals surface area contributed by atoms with Crippen LogP contribution >= 0.6 is 0 Å². The molecule has 1 fully saturated rings. The molecule has 1 aromatic rings. The highest BCUT2D eigenvalue weighted by molar-refractivity contribution is 5.41. The predicted molar refractivity (Wildman–Crippen MR) is 70.5 cm³/mol. The van der Waals surface area contributed by atoms with Crippen LogP contribution in [0.3, 0.4) is 0 Å². The summed E-state index contributed by atoms with van der Waals surface area (Å²) in [5.74, 6) is 0.779. The average molecular weight is 236 g/mol. The van der Waals surface area contributed by atoms with Crippen LogP contribution < -0.4 is 4.74 Å². The van der Waals surface area contributed by atoms with Crippen molar-refractivity contribution in [1.82, 2.24) is 9.97 Å². The number of nitrogens with zero attached hydrogens (tertiary/aromatic N) is 2. The second kappa shape index (κ2) is 5.99. The van der Waals surface area contributed by atoms with Crippen molar-refractivity contribution in [1.29, 1.82) is 0 Å². The summed E-state index contributed by atoms with van der Waals surface area (Å²) in [6, 6.07) is 0. The largest absolute Gasteiger partial charge is 0.481 e. The summed E-state index contributed by atoms with van der Waals surface area (Å²) in [5.41, 5.74) is 2.73. The van der Waals surface area contributed by atoms with Crippen molar-refractivity contribution in [3.63, 3.8) is 0 Å². The lowest BCUT2D eigenvalue weighted by atomic mass is 9.91. The van der Waals surface area contributed by atoms with E-state index in [0.717, 1.165) is 24.4 Å². The smallest absolute Gasteiger partial charge is 0.220 e. The second-order valence-corrected chi connectivity index (χ2v) is 4.19. The van der Waals surface area contributed by atoms with Gasteiger partial charge in [0.25, 0.3) is 0 Å². The van der Waals surface area contributed by atoms with E-state index in [1.807, 2.05) is 13.8 Å². The van der Waals surface area contributed by atoms with Gasteiger partial charge in [-0.05, 0) is 25.7 Å². The maximum atomic E-state index is 5.36. The van der Waals surface area contributed by atoms with Gasteiger partial charge in [-0.25, -0.2) is 9.97 Å². The monoisotopic (exact) mass is 236 g/mol. The SMILES string of the molecule is CC.CCc1ncnc(OC)c1C1(CC)CC1. The van der Waals surface area contributed by atoms with Crippen LogP contribution in [-0.4, -0.2) is 17.1 Å². The molecule has 1 saturated carbocycles. The summed E-state index contributed by atoms with van der Waals surface area (Å²) in [7, 11) is 1.69. The normalized spacial score (nSPS) is 15.8. The summed E-state index contributed by atoms with van der Waals surface area (Å²) in [6.07, 6.45) is 6.22. The Hall–Kier alpha value is -1.12. The lowest BCUT2D eigenvalue weighted by molar-refractivity contribution is 0.382. The average Bonchev–Trinajstić information content (AvgIpc) is 3.21. The Balaban J connectivity index is 0.000000686. The summed E-state index contributed by atoms with van der Waals surface area (Å²) >= 11 is 0. The van der Waals surface area contributed by atoms with E-state index < -0.39 is 0 Å². The topological polar surface area (TPSA) is 35.0 Å². The van der Waals surface area contributed by atoms with Crippen molar-refractivity contribution in [3.8, 4) is 5.88 Å². The molecule has 1 heterocycles. The molecule has 2 rings (SSSR count). The molecule has 3 nitrogen and oxygen atoms in total. The molecule has 0 aromatic carbocycles. The van der Waals surface area contributed by atoms with Crippen LogP contribution in [0.5, 0.6) is 5.88 Å². The van der Waals surface area contributed by atoms with E-state index in [9.17, 15) is 0 Å². The van der Waals surface area contributed by atoms with E-state index in [0.29, 0.717) is 5.41 Å². The van der Waals surface area contributed by atoms with Gasteiger partial charge in [-0.15, -0.1) is 0 Å². The van der Waals surface area contributed by atoms with Gasteiger partial charge in [0, 0.05) is 11.0 Å². The first kappa shape index (κ1) is 13.9. The number of rotatable bonds is 4. The molecular weight excluding hydrogens is 212 g/mol. The highest BCUT2D eigenvalue weighted by Gasteiger charge is 2.46. The first-order valence-corrected chi connectivity index (χ1v) is 6.65. The molecule has 1 aliphatic rings. The number of aryl methyl sites for hydroxylation is 1. The van der Waals surface area contributed by atoms with E-state index in [-0.39, 0.29) is 0 Å². The zero-order valence-corrected chi connectivity index (χ0v) is 11.7. The van der Waals surface area contributed by atoms with Gasteiger partial charge < -0.3 is 4.74 Å². The van der Waals surface area contributed by atoms with E-state index in [2.05, 4.69) is 23.8 Å². The van der Waals surface area contributed by atoms with Crippen molar-refractivity contribution in [2.45, 2.75) is 58.8 Å². The molecular formula is C14H24N2O. The number of aromatic nitrogens is 2. The molecule has 0 bridgehead atoms. The highest BCUT2D eigenvalue weighted by Crippen LogP contribution is 2.54. The van der Waals surface area contributed by atoms with Gasteiger partial charge >= 0.3 is 0 Å². The number of hydrogen-bond acceptors (Lipinski definition) is 3. The first-order valence-electron chi connectivity index (χ1n) is 6.65. The maximum Gasteiger partial charge on any atom is 0.220 e. The molecule has 3 heteroatoms. The quantitative estimate of drug-likeness (QED) is 0.802. The fourth-order valence-corrected chi connectivity index (χ4v) is 2.29. The molecule has 0 unspecified atom stereocenters.